The summed E-state index contributed by atoms with van der Waals surface area (Å²) in [6.07, 6.45) is 1.38. The molecule has 1 aliphatic rings. The van der Waals surface area contributed by atoms with E-state index in [0.29, 0.717) is 11.7 Å². The standard InChI is InChI=1S/C7H8N2O2S/c1-5-4-11-7(10)9(5)6-8-2-3-12-6/h2-3,5H,4H2,1H3. The first-order valence-corrected chi connectivity index (χ1v) is 4.52. The number of aromatic nitrogens is 1. The summed E-state index contributed by atoms with van der Waals surface area (Å²) in [7, 11) is 0. The lowest BCUT2D eigenvalue weighted by Gasteiger charge is -2.13. The Hall–Kier alpha value is -1.10. The minimum absolute atomic E-state index is 0.101. The largest absolute Gasteiger partial charge is 0.447 e. The van der Waals surface area contributed by atoms with Crippen LogP contribution in [0.5, 0.6) is 0 Å². The molecule has 2 rings (SSSR count). The van der Waals surface area contributed by atoms with Gasteiger partial charge in [-0.05, 0) is 6.92 Å². The third-order valence-corrected chi connectivity index (χ3v) is 2.48. The Morgan fingerprint density at radius 2 is 2.67 bits per heavy atom. The number of hydrogen-bond donors (Lipinski definition) is 0. The van der Waals surface area contributed by atoms with Crippen molar-refractivity contribution < 1.29 is 9.53 Å². The summed E-state index contributed by atoms with van der Waals surface area (Å²) in [5.41, 5.74) is 0. The fourth-order valence-corrected chi connectivity index (χ4v) is 1.85. The zero-order valence-electron chi connectivity index (χ0n) is 6.56. The van der Waals surface area contributed by atoms with Crippen LogP contribution in [0.1, 0.15) is 6.92 Å². The van der Waals surface area contributed by atoms with E-state index in [4.69, 9.17) is 4.74 Å². The molecule has 12 heavy (non-hydrogen) atoms. The number of ether oxygens (including phenoxy) is 1. The predicted molar refractivity (Wildman–Crippen MR) is 45.4 cm³/mol. The second-order valence-electron chi connectivity index (χ2n) is 2.61. The van der Waals surface area contributed by atoms with Gasteiger partial charge in [0.05, 0.1) is 6.04 Å². The average Bonchev–Trinajstić information content (AvgIpc) is 2.61. The maximum Gasteiger partial charge on any atom is 0.416 e. The van der Waals surface area contributed by atoms with Crippen LogP contribution in [0.2, 0.25) is 0 Å². The maximum atomic E-state index is 11.2. The van der Waals surface area contributed by atoms with Gasteiger partial charge in [0.2, 0.25) is 0 Å². The zero-order valence-corrected chi connectivity index (χ0v) is 7.37. The highest BCUT2D eigenvalue weighted by Gasteiger charge is 2.32. The van der Waals surface area contributed by atoms with Crippen molar-refractivity contribution in [3.63, 3.8) is 0 Å². The van der Waals surface area contributed by atoms with Crippen LogP contribution in [0.15, 0.2) is 11.6 Å². The number of anilines is 1. The SMILES string of the molecule is CC1COC(=O)N1c1nccs1. The first-order chi connectivity index (χ1) is 5.79. The molecule has 0 radical (unpaired) electrons. The molecule has 0 N–H and O–H groups in total. The Labute approximate surface area is 73.8 Å². The van der Waals surface area contributed by atoms with Gasteiger partial charge in [-0.1, -0.05) is 0 Å². The first-order valence-electron chi connectivity index (χ1n) is 3.64. The van der Waals surface area contributed by atoms with Crippen molar-refractivity contribution >= 4 is 22.6 Å². The average molecular weight is 184 g/mol. The van der Waals surface area contributed by atoms with E-state index in [9.17, 15) is 4.79 Å². The van der Waals surface area contributed by atoms with Gasteiger partial charge in [0, 0.05) is 11.6 Å². The van der Waals surface area contributed by atoms with E-state index >= 15 is 0 Å². The fraction of sp³-hybridized carbons (Fsp3) is 0.429. The summed E-state index contributed by atoms with van der Waals surface area (Å²) in [6.45, 7) is 2.39. The van der Waals surface area contributed by atoms with Crippen LogP contribution in [0, 0.1) is 0 Å². The number of cyclic esters (lactones) is 1. The molecule has 4 nitrogen and oxygen atoms in total. The number of nitrogens with zero attached hydrogens (tertiary/aromatic N) is 2. The molecule has 1 unspecified atom stereocenters. The molecular weight excluding hydrogens is 176 g/mol. The molecule has 1 amide bonds. The van der Waals surface area contributed by atoms with E-state index in [1.54, 1.807) is 11.1 Å². The predicted octanol–water partition coefficient (Wildman–Crippen LogP) is 1.49. The second kappa shape index (κ2) is 2.75. The van der Waals surface area contributed by atoms with Crippen LogP contribution in [0.3, 0.4) is 0 Å². The molecule has 0 saturated carbocycles. The van der Waals surface area contributed by atoms with Gasteiger partial charge in [0.25, 0.3) is 0 Å². The fourth-order valence-electron chi connectivity index (χ4n) is 1.12. The molecule has 0 spiro atoms. The number of amides is 1. The molecule has 1 atom stereocenters. The van der Waals surface area contributed by atoms with Crippen LogP contribution in [0.25, 0.3) is 0 Å². The lowest BCUT2D eigenvalue weighted by atomic mass is 10.4. The Bertz CT molecular complexity index is 286. The lowest BCUT2D eigenvalue weighted by Crippen LogP contribution is -2.30. The third kappa shape index (κ3) is 1.06. The smallest absolute Gasteiger partial charge is 0.416 e. The van der Waals surface area contributed by atoms with E-state index in [1.165, 1.54) is 11.3 Å². The molecule has 0 bridgehead atoms. The zero-order chi connectivity index (χ0) is 8.55. The van der Waals surface area contributed by atoms with Gasteiger partial charge in [-0.15, -0.1) is 11.3 Å². The summed E-state index contributed by atoms with van der Waals surface area (Å²) in [6, 6.07) is 0.101. The number of thiazole rings is 1. The van der Waals surface area contributed by atoms with E-state index in [2.05, 4.69) is 4.98 Å². The van der Waals surface area contributed by atoms with Crippen LogP contribution in [-0.2, 0) is 4.74 Å². The van der Waals surface area contributed by atoms with Gasteiger partial charge in [-0.25, -0.2) is 14.7 Å². The minimum Gasteiger partial charge on any atom is -0.447 e. The number of carbonyl (C=O) groups excluding carboxylic acids is 1. The Morgan fingerprint density at radius 1 is 1.83 bits per heavy atom. The number of carbonyl (C=O) groups is 1. The van der Waals surface area contributed by atoms with Crippen LogP contribution >= 0.6 is 11.3 Å². The van der Waals surface area contributed by atoms with Crippen molar-refractivity contribution in [2.45, 2.75) is 13.0 Å². The molecule has 1 aromatic heterocycles. The Balaban J connectivity index is 2.28. The molecule has 64 valence electrons. The molecule has 0 aromatic carbocycles. The molecular formula is C7H8N2O2S. The summed E-state index contributed by atoms with van der Waals surface area (Å²) >= 11 is 1.44. The van der Waals surface area contributed by atoms with Gasteiger partial charge in [0.15, 0.2) is 5.13 Å². The van der Waals surface area contributed by atoms with Gasteiger partial charge >= 0.3 is 6.09 Å². The second-order valence-corrected chi connectivity index (χ2v) is 3.48. The van der Waals surface area contributed by atoms with Crippen molar-refractivity contribution in [2.75, 3.05) is 11.5 Å². The van der Waals surface area contributed by atoms with Crippen LogP contribution in [-0.4, -0.2) is 23.7 Å². The van der Waals surface area contributed by atoms with Crippen molar-refractivity contribution in [1.29, 1.82) is 0 Å². The maximum absolute atomic E-state index is 11.2. The van der Waals surface area contributed by atoms with Crippen molar-refractivity contribution in [3.8, 4) is 0 Å². The quantitative estimate of drug-likeness (QED) is 0.664. The van der Waals surface area contributed by atoms with E-state index < -0.39 is 0 Å². The molecule has 1 saturated heterocycles. The van der Waals surface area contributed by atoms with E-state index in [0.717, 1.165) is 0 Å². The highest BCUT2D eigenvalue weighted by Crippen LogP contribution is 2.24. The van der Waals surface area contributed by atoms with Crippen LogP contribution in [0.4, 0.5) is 9.93 Å². The molecule has 1 aliphatic heterocycles. The van der Waals surface area contributed by atoms with Gasteiger partial charge in [-0.3, -0.25) is 0 Å². The van der Waals surface area contributed by atoms with E-state index in [1.807, 2.05) is 12.3 Å². The number of hydrogen-bond acceptors (Lipinski definition) is 4. The Morgan fingerprint density at radius 3 is 3.17 bits per heavy atom. The van der Waals surface area contributed by atoms with E-state index in [-0.39, 0.29) is 12.1 Å². The summed E-state index contributed by atoms with van der Waals surface area (Å²) in [5.74, 6) is 0. The third-order valence-electron chi connectivity index (χ3n) is 1.71. The summed E-state index contributed by atoms with van der Waals surface area (Å²) in [4.78, 5) is 16.8. The summed E-state index contributed by atoms with van der Waals surface area (Å²) < 4.78 is 4.86. The first kappa shape index (κ1) is 7.54. The van der Waals surface area contributed by atoms with Crippen LogP contribution < -0.4 is 4.90 Å². The van der Waals surface area contributed by atoms with Gasteiger partial charge in [-0.2, -0.15) is 0 Å². The molecule has 0 aliphatic carbocycles. The van der Waals surface area contributed by atoms with Crippen molar-refractivity contribution in [2.24, 2.45) is 0 Å². The molecule has 1 aromatic rings. The number of rotatable bonds is 1. The molecule has 5 heteroatoms. The van der Waals surface area contributed by atoms with Gasteiger partial charge in [0.1, 0.15) is 6.61 Å². The highest BCUT2D eigenvalue weighted by molar-refractivity contribution is 7.13. The van der Waals surface area contributed by atoms with Gasteiger partial charge < -0.3 is 4.74 Å². The molecule has 2 heterocycles. The lowest BCUT2D eigenvalue weighted by molar-refractivity contribution is 0.179. The van der Waals surface area contributed by atoms with Crippen molar-refractivity contribution in [1.82, 2.24) is 4.98 Å². The monoisotopic (exact) mass is 184 g/mol. The van der Waals surface area contributed by atoms with Crippen molar-refractivity contribution in [3.05, 3.63) is 11.6 Å². The Kier molecular flexibility index (Phi) is 1.73. The topological polar surface area (TPSA) is 42.4 Å². The molecule has 1 fully saturated rings. The minimum atomic E-state index is -0.294. The summed E-state index contributed by atoms with van der Waals surface area (Å²) in [5, 5.41) is 2.55. The normalized spacial score (nSPS) is 22.9. The highest BCUT2D eigenvalue weighted by atomic mass is 32.1.